The van der Waals surface area contributed by atoms with Crippen molar-refractivity contribution < 1.29 is 9.57 Å². The Labute approximate surface area is 59.2 Å². The smallest absolute Gasteiger partial charge is 0.203 e. The van der Waals surface area contributed by atoms with Crippen LogP contribution in [0, 0.1) is 0 Å². The summed E-state index contributed by atoms with van der Waals surface area (Å²) >= 11 is 0. The van der Waals surface area contributed by atoms with Crippen molar-refractivity contribution in [3.05, 3.63) is 0 Å². The molecule has 2 heterocycles. The van der Waals surface area contributed by atoms with Crippen molar-refractivity contribution in [1.82, 2.24) is 15.9 Å². The van der Waals surface area contributed by atoms with Gasteiger partial charge < -0.3 is 4.74 Å². The topological polar surface area (TPSA) is 45.8 Å². The van der Waals surface area contributed by atoms with E-state index in [0.717, 1.165) is 26.3 Å². The molecule has 0 saturated carbocycles. The van der Waals surface area contributed by atoms with Crippen LogP contribution in [0.2, 0.25) is 0 Å². The van der Waals surface area contributed by atoms with Gasteiger partial charge in [-0.05, 0) is 0 Å². The number of rotatable bonds is 1. The second-order valence-electron chi connectivity index (χ2n) is 2.24. The summed E-state index contributed by atoms with van der Waals surface area (Å²) in [5.74, 6) is 0. The van der Waals surface area contributed by atoms with Crippen LogP contribution in [0.4, 0.5) is 0 Å². The molecule has 0 aromatic rings. The second kappa shape index (κ2) is 2.81. The van der Waals surface area contributed by atoms with Crippen molar-refractivity contribution in [2.75, 3.05) is 26.3 Å². The third kappa shape index (κ3) is 1.14. The van der Waals surface area contributed by atoms with Crippen LogP contribution in [0.15, 0.2) is 0 Å². The maximum atomic E-state index is 5.26. The lowest BCUT2D eigenvalue weighted by atomic mass is 10.7. The Balaban J connectivity index is 1.85. The normalized spacial score (nSPS) is 35.4. The molecule has 2 aliphatic heterocycles. The van der Waals surface area contributed by atoms with E-state index in [9.17, 15) is 0 Å². The van der Waals surface area contributed by atoms with E-state index in [1.807, 2.05) is 0 Å². The van der Waals surface area contributed by atoms with E-state index in [1.165, 1.54) is 0 Å². The van der Waals surface area contributed by atoms with E-state index in [-0.39, 0.29) is 6.35 Å². The Kier molecular flexibility index (Phi) is 1.83. The first-order valence-corrected chi connectivity index (χ1v) is 3.47. The van der Waals surface area contributed by atoms with Gasteiger partial charge in [0.2, 0.25) is 6.35 Å². The summed E-state index contributed by atoms with van der Waals surface area (Å²) in [6, 6.07) is 0. The highest BCUT2D eigenvalue weighted by molar-refractivity contribution is 4.60. The summed E-state index contributed by atoms with van der Waals surface area (Å²) in [5.41, 5.74) is 3.02. The molecule has 10 heavy (non-hydrogen) atoms. The van der Waals surface area contributed by atoms with Crippen molar-refractivity contribution in [3.8, 4) is 0 Å². The maximum Gasteiger partial charge on any atom is 0.203 e. The van der Waals surface area contributed by atoms with Crippen LogP contribution in [-0.4, -0.2) is 37.8 Å². The summed E-state index contributed by atoms with van der Waals surface area (Å²) in [7, 11) is 0. The predicted molar refractivity (Wildman–Crippen MR) is 33.5 cm³/mol. The molecule has 0 radical (unpaired) electrons. The van der Waals surface area contributed by atoms with Gasteiger partial charge in [-0.25, -0.2) is 5.43 Å². The molecule has 2 aliphatic rings. The Hall–Kier alpha value is -0.200. The highest BCUT2D eigenvalue weighted by Crippen LogP contribution is 2.03. The molecule has 0 aromatic carbocycles. The van der Waals surface area contributed by atoms with Gasteiger partial charge in [-0.3, -0.25) is 10.2 Å². The summed E-state index contributed by atoms with van der Waals surface area (Å²) < 4.78 is 5.26. The number of hydrazine groups is 1. The third-order valence-electron chi connectivity index (χ3n) is 1.51. The van der Waals surface area contributed by atoms with E-state index >= 15 is 0 Å². The molecule has 0 bridgehead atoms. The van der Waals surface area contributed by atoms with Gasteiger partial charge >= 0.3 is 0 Å². The van der Waals surface area contributed by atoms with Crippen LogP contribution in [0.25, 0.3) is 0 Å². The number of nitrogens with one attached hydrogen (secondary N) is 2. The standard InChI is InChI=1S/C5H11N3O2/c1-3-9-5(6-1)8-7-2-4-10-8/h5-7H,1-4H2. The van der Waals surface area contributed by atoms with Gasteiger partial charge in [-0.1, -0.05) is 5.17 Å². The summed E-state index contributed by atoms with van der Waals surface area (Å²) in [4.78, 5) is 5.17. The monoisotopic (exact) mass is 145 g/mol. The van der Waals surface area contributed by atoms with Gasteiger partial charge in [0, 0.05) is 13.1 Å². The molecule has 5 nitrogen and oxygen atoms in total. The average molecular weight is 145 g/mol. The molecule has 0 aromatic heterocycles. The lowest BCUT2D eigenvalue weighted by Gasteiger charge is -2.19. The number of hydroxylamine groups is 1. The molecular weight excluding hydrogens is 134 g/mol. The molecule has 2 fully saturated rings. The highest BCUT2D eigenvalue weighted by atomic mass is 16.8. The van der Waals surface area contributed by atoms with Crippen molar-refractivity contribution in [1.29, 1.82) is 0 Å². The van der Waals surface area contributed by atoms with E-state index in [0.29, 0.717) is 0 Å². The van der Waals surface area contributed by atoms with E-state index in [4.69, 9.17) is 9.57 Å². The molecule has 2 N–H and O–H groups in total. The quantitative estimate of drug-likeness (QED) is 0.477. The molecule has 2 rings (SSSR count). The first-order valence-electron chi connectivity index (χ1n) is 3.47. The maximum absolute atomic E-state index is 5.26. The van der Waals surface area contributed by atoms with Crippen LogP contribution in [0.1, 0.15) is 0 Å². The summed E-state index contributed by atoms with van der Waals surface area (Å²) in [5, 5.41) is 4.73. The Morgan fingerprint density at radius 1 is 1.30 bits per heavy atom. The minimum absolute atomic E-state index is 0.0949. The Morgan fingerprint density at radius 3 is 2.90 bits per heavy atom. The lowest BCUT2D eigenvalue weighted by molar-refractivity contribution is -0.237. The zero-order valence-corrected chi connectivity index (χ0v) is 5.67. The number of ether oxygens (including phenoxy) is 1. The van der Waals surface area contributed by atoms with Crippen LogP contribution >= 0.6 is 0 Å². The zero-order chi connectivity index (χ0) is 6.81. The van der Waals surface area contributed by atoms with Crippen molar-refractivity contribution in [2.45, 2.75) is 6.35 Å². The molecular formula is C5H11N3O2. The zero-order valence-electron chi connectivity index (χ0n) is 5.67. The molecule has 0 aliphatic carbocycles. The second-order valence-corrected chi connectivity index (χ2v) is 2.24. The minimum Gasteiger partial charge on any atom is -0.345 e. The Morgan fingerprint density at radius 2 is 2.30 bits per heavy atom. The molecule has 1 atom stereocenters. The van der Waals surface area contributed by atoms with Gasteiger partial charge in [0.1, 0.15) is 0 Å². The van der Waals surface area contributed by atoms with Crippen molar-refractivity contribution in [3.63, 3.8) is 0 Å². The first-order chi connectivity index (χ1) is 4.97. The van der Waals surface area contributed by atoms with Crippen molar-refractivity contribution >= 4 is 0 Å². The molecule has 0 amide bonds. The fraction of sp³-hybridized carbons (Fsp3) is 1.00. The van der Waals surface area contributed by atoms with Crippen LogP contribution in [0.5, 0.6) is 0 Å². The molecule has 0 spiro atoms. The summed E-state index contributed by atoms with van der Waals surface area (Å²) in [6.45, 7) is 3.24. The fourth-order valence-electron chi connectivity index (χ4n) is 1.06. The highest BCUT2D eigenvalue weighted by Gasteiger charge is 2.26. The number of hydrogen-bond acceptors (Lipinski definition) is 5. The predicted octanol–water partition coefficient (Wildman–Crippen LogP) is -1.36. The van der Waals surface area contributed by atoms with E-state index < -0.39 is 0 Å². The fourth-order valence-corrected chi connectivity index (χ4v) is 1.06. The summed E-state index contributed by atoms with van der Waals surface area (Å²) in [6.07, 6.45) is -0.0949. The minimum atomic E-state index is -0.0949. The molecule has 2 saturated heterocycles. The Bertz CT molecular complexity index is 95.5. The third-order valence-corrected chi connectivity index (χ3v) is 1.51. The van der Waals surface area contributed by atoms with Crippen LogP contribution in [0.3, 0.4) is 0 Å². The van der Waals surface area contributed by atoms with Crippen LogP contribution < -0.4 is 10.7 Å². The number of nitrogens with zero attached hydrogens (tertiary/aromatic N) is 1. The lowest BCUT2D eigenvalue weighted by Crippen LogP contribution is -2.45. The van der Waals surface area contributed by atoms with Gasteiger partial charge in [0.05, 0.1) is 13.2 Å². The van der Waals surface area contributed by atoms with E-state index in [1.54, 1.807) is 5.17 Å². The van der Waals surface area contributed by atoms with Gasteiger partial charge in [0.15, 0.2) is 0 Å². The van der Waals surface area contributed by atoms with Crippen LogP contribution in [-0.2, 0) is 9.57 Å². The van der Waals surface area contributed by atoms with Gasteiger partial charge in [-0.2, -0.15) is 0 Å². The molecule has 1 unspecified atom stereocenters. The first kappa shape index (κ1) is 6.51. The van der Waals surface area contributed by atoms with Gasteiger partial charge in [0.25, 0.3) is 0 Å². The van der Waals surface area contributed by atoms with Crippen molar-refractivity contribution in [2.24, 2.45) is 0 Å². The number of hydrogen-bond donors (Lipinski definition) is 2. The van der Waals surface area contributed by atoms with Gasteiger partial charge in [-0.15, -0.1) is 0 Å². The SMILES string of the molecule is C1COC(N2NCCO2)N1. The largest absolute Gasteiger partial charge is 0.345 e. The molecule has 58 valence electrons. The molecule has 5 heteroatoms. The van der Waals surface area contributed by atoms with E-state index in [2.05, 4.69) is 10.7 Å². The average Bonchev–Trinajstić information content (AvgIpc) is 2.59.